The molecular weight excluding hydrogens is 144 g/mol. The van der Waals surface area contributed by atoms with Crippen molar-refractivity contribution < 1.29 is 0 Å². The number of hydrogen-bond acceptors (Lipinski definition) is 0. The summed E-state index contributed by atoms with van der Waals surface area (Å²) >= 11 is 0. The number of hydrogen-bond donors (Lipinski definition) is 0. The van der Waals surface area contributed by atoms with E-state index < -0.39 is 0 Å². The first-order valence-electron chi connectivity index (χ1n) is 5.70. The van der Waals surface area contributed by atoms with Crippen LogP contribution in [0.3, 0.4) is 0 Å². The summed E-state index contributed by atoms with van der Waals surface area (Å²) in [5.74, 6) is 4.19. The molecule has 0 bridgehead atoms. The smallest absolute Gasteiger partial charge is 0.0352 e. The van der Waals surface area contributed by atoms with Crippen molar-refractivity contribution in [2.24, 2.45) is 23.7 Å². The summed E-state index contributed by atoms with van der Waals surface area (Å²) in [7, 11) is 0. The quantitative estimate of drug-likeness (QED) is 0.579. The third-order valence-corrected chi connectivity index (χ3v) is 3.53. The van der Waals surface area contributed by atoms with Gasteiger partial charge in [0.2, 0.25) is 0 Å². The van der Waals surface area contributed by atoms with Crippen molar-refractivity contribution in [3.63, 3.8) is 0 Å². The lowest BCUT2D eigenvalue weighted by molar-refractivity contribution is 0.497. The lowest BCUT2D eigenvalue weighted by atomic mass is 10.0. The molecule has 0 radical (unpaired) electrons. The van der Waals surface area contributed by atoms with Gasteiger partial charge in [-0.05, 0) is 30.1 Å². The fraction of sp³-hybridized carbons (Fsp3) is 1.00. The minimum atomic E-state index is 0.903. The molecule has 0 aromatic rings. The van der Waals surface area contributed by atoms with E-state index in [9.17, 15) is 0 Å². The van der Waals surface area contributed by atoms with Crippen LogP contribution in [0.25, 0.3) is 0 Å². The lowest BCUT2D eigenvalue weighted by Crippen LogP contribution is -1.90. The van der Waals surface area contributed by atoms with E-state index >= 15 is 0 Å². The van der Waals surface area contributed by atoms with Crippen molar-refractivity contribution in [2.45, 2.75) is 53.4 Å². The first kappa shape index (κ1) is 10.1. The largest absolute Gasteiger partial charge is 0.0651 e. The first-order chi connectivity index (χ1) is 5.70. The molecular formula is C12H24. The molecule has 0 N–H and O–H groups in total. The Balaban J connectivity index is 2.17. The average Bonchev–Trinajstić information content (AvgIpc) is 2.73. The van der Waals surface area contributed by atoms with Crippen LogP contribution < -0.4 is 0 Å². The van der Waals surface area contributed by atoms with Crippen LogP contribution in [0.15, 0.2) is 0 Å². The van der Waals surface area contributed by atoms with Gasteiger partial charge in [-0.2, -0.15) is 0 Å². The van der Waals surface area contributed by atoms with Crippen molar-refractivity contribution >= 4 is 0 Å². The Morgan fingerprint density at radius 2 is 1.42 bits per heavy atom. The van der Waals surface area contributed by atoms with Gasteiger partial charge in [0.25, 0.3) is 0 Å². The molecule has 0 amide bonds. The van der Waals surface area contributed by atoms with Crippen molar-refractivity contribution in [3.8, 4) is 0 Å². The zero-order chi connectivity index (χ0) is 9.14. The third-order valence-electron chi connectivity index (χ3n) is 3.53. The van der Waals surface area contributed by atoms with E-state index in [1.165, 1.54) is 25.7 Å². The molecule has 0 heterocycles. The Labute approximate surface area is 77.7 Å². The molecule has 0 spiro atoms. The summed E-state index contributed by atoms with van der Waals surface area (Å²) in [5, 5.41) is 0. The molecule has 1 aliphatic rings. The highest BCUT2D eigenvalue weighted by Crippen LogP contribution is 2.53. The highest BCUT2D eigenvalue weighted by Gasteiger charge is 2.45. The van der Waals surface area contributed by atoms with Crippen molar-refractivity contribution in [2.75, 3.05) is 0 Å². The van der Waals surface area contributed by atoms with Crippen LogP contribution >= 0.6 is 0 Å². The molecule has 0 aromatic carbocycles. The van der Waals surface area contributed by atoms with E-state index in [4.69, 9.17) is 0 Å². The molecule has 72 valence electrons. The Hall–Kier alpha value is 0. The predicted octanol–water partition coefficient (Wildman–Crippen LogP) is 4.10. The molecule has 0 saturated heterocycles. The second kappa shape index (κ2) is 4.30. The van der Waals surface area contributed by atoms with Gasteiger partial charge in [-0.25, -0.2) is 0 Å². The normalized spacial score (nSPS) is 34.2. The minimum Gasteiger partial charge on any atom is -0.0651 e. The minimum absolute atomic E-state index is 0.903. The van der Waals surface area contributed by atoms with E-state index in [2.05, 4.69) is 27.7 Å². The van der Waals surface area contributed by atoms with E-state index in [1.54, 1.807) is 0 Å². The number of rotatable bonds is 5. The van der Waals surface area contributed by atoms with Gasteiger partial charge in [-0.15, -0.1) is 0 Å². The maximum Gasteiger partial charge on any atom is -0.0352 e. The van der Waals surface area contributed by atoms with Crippen molar-refractivity contribution in [3.05, 3.63) is 0 Å². The molecule has 12 heavy (non-hydrogen) atoms. The Morgan fingerprint density at radius 3 is 1.75 bits per heavy atom. The summed E-state index contributed by atoms with van der Waals surface area (Å²) in [6, 6.07) is 0. The van der Waals surface area contributed by atoms with Crippen LogP contribution in [0, 0.1) is 23.7 Å². The standard InChI is InChI=1S/C12H24/c1-5-10-11(6-2)12(10)8-7-9(3)4/h9-12H,5-8H2,1-4H3. The maximum atomic E-state index is 2.35. The Bertz CT molecular complexity index is 116. The molecule has 1 saturated carbocycles. The summed E-state index contributed by atoms with van der Waals surface area (Å²) in [6.07, 6.45) is 5.77. The van der Waals surface area contributed by atoms with Gasteiger partial charge in [0, 0.05) is 0 Å². The van der Waals surface area contributed by atoms with E-state index in [0.29, 0.717) is 0 Å². The van der Waals surface area contributed by atoms with Crippen molar-refractivity contribution in [1.82, 2.24) is 0 Å². The predicted molar refractivity (Wildman–Crippen MR) is 55.1 cm³/mol. The second-order valence-electron chi connectivity index (χ2n) is 4.78. The Kier molecular flexibility index (Phi) is 3.61. The highest BCUT2D eigenvalue weighted by atomic mass is 14.5. The van der Waals surface area contributed by atoms with E-state index in [0.717, 1.165) is 23.7 Å². The van der Waals surface area contributed by atoms with Gasteiger partial charge in [0.15, 0.2) is 0 Å². The van der Waals surface area contributed by atoms with Crippen molar-refractivity contribution in [1.29, 1.82) is 0 Å². The van der Waals surface area contributed by atoms with E-state index in [1.807, 2.05) is 0 Å². The van der Waals surface area contributed by atoms with Gasteiger partial charge in [-0.1, -0.05) is 47.0 Å². The molecule has 2 atom stereocenters. The van der Waals surface area contributed by atoms with Crippen LogP contribution in [0.2, 0.25) is 0 Å². The van der Waals surface area contributed by atoms with Crippen LogP contribution in [-0.4, -0.2) is 0 Å². The molecule has 2 unspecified atom stereocenters. The van der Waals surface area contributed by atoms with Gasteiger partial charge < -0.3 is 0 Å². The maximum absolute atomic E-state index is 2.35. The summed E-state index contributed by atoms with van der Waals surface area (Å²) < 4.78 is 0. The molecule has 1 aliphatic carbocycles. The SMILES string of the molecule is CCC1C(CC)C1CCC(C)C. The summed E-state index contributed by atoms with van der Waals surface area (Å²) in [6.45, 7) is 9.37. The molecule has 0 heteroatoms. The van der Waals surface area contributed by atoms with Gasteiger partial charge in [-0.3, -0.25) is 0 Å². The molecule has 0 nitrogen and oxygen atoms in total. The molecule has 0 aliphatic heterocycles. The third kappa shape index (κ3) is 2.24. The molecule has 1 fully saturated rings. The van der Waals surface area contributed by atoms with Gasteiger partial charge in [0.05, 0.1) is 0 Å². The second-order valence-corrected chi connectivity index (χ2v) is 4.78. The zero-order valence-corrected chi connectivity index (χ0v) is 9.14. The van der Waals surface area contributed by atoms with E-state index in [-0.39, 0.29) is 0 Å². The highest BCUT2D eigenvalue weighted by molar-refractivity contribution is 4.94. The average molecular weight is 168 g/mol. The first-order valence-corrected chi connectivity index (χ1v) is 5.70. The fourth-order valence-electron chi connectivity index (χ4n) is 2.69. The fourth-order valence-corrected chi connectivity index (χ4v) is 2.69. The van der Waals surface area contributed by atoms with Crippen LogP contribution in [0.1, 0.15) is 53.4 Å². The van der Waals surface area contributed by atoms with Crippen LogP contribution in [0.4, 0.5) is 0 Å². The Morgan fingerprint density at radius 1 is 0.917 bits per heavy atom. The zero-order valence-electron chi connectivity index (χ0n) is 9.14. The molecule has 1 rings (SSSR count). The summed E-state index contributed by atoms with van der Waals surface area (Å²) in [5.41, 5.74) is 0. The van der Waals surface area contributed by atoms with Gasteiger partial charge >= 0.3 is 0 Å². The summed E-state index contributed by atoms with van der Waals surface area (Å²) in [4.78, 5) is 0. The van der Waals surface area contributed by atoms with Crippen LogP contribution in [0.5, 0.6) is 0 Å². The van der Waals surface area contributed by atoms with Crippen LogP contribution in [-0.2, 0) is 0 Å². The molecule has 0 aromatic heterocycles. The monoisotopic (exact) mass is 168 g/mol. The topological polar surface area (TPSA) is 0 Å². The lowest BCUT2D eigenvalue weighted by Gasteiger charge is -2.02. The van der Waals surface area contributed by atoms with Gasteiger partial charge in [0.1, 0.15) is 0 Å².